The molecule has 1 aliphatic heterocycles. The van der Waals surface area contributed by atoms with Gasteiger partial charge < -0.3 is 4.43 Å². The number of piperidine rings is 1. The summed E-state index contributed by atoms with van der Waals surface area (Å²) in [5.74, 6) is 0. The van der Waals surface area contributed by atoms with Gasteiger partial charge in [0.1, 0.15) is 0 Å². The molecule has 1 atom stereocenters. The molecule has 1 heterocycles. The summed E-state index contributed by atoms with van der Waals surface area (Å²) < 4.78 is 6.56. The van der Waals surface area contributed by atoms with Crippen LogP contribution in [0.4, 0.5) is 5.69 Å². The fourth-order valence-electron chi connectivity index (χ4n) is 2.87. The van der Waals surface area contributed by atoms with E-state index in [-0.39, 0.29) is 21.8 Å². The number of nitro groups is 1. The molecule has 134 valence electrons. The summed E-state index contributed by atoms with van der Waals surface area (Å²) in [5, 5.41) is 11.1. The summed E-state index contributed by atoms with van der Waals surface area (Å²) in [4.78, 5) is 13.0. The number of rotatable bonds is 5. The largest absolute Gasteiger partial charge is 0.413 e. The zero-order valence-electron chi connectivity index (χ0n) is 15.5. The second-order valence-corrected chi connectivity index (χ2v) is 13.1. The van der Waals surface area contributed by atoms with Gasteiger partial charge in [0, 0.05) is 25.2 Å². The highest BCUT2D eigenvalue weighted by Gasteiger charge is 2.39. The minimum atomic E-state index is -1.75. The van der Waals surface area contributed by atoms with Gasteiger partial charge in [0.2, 0.25) is 0 Å². The molecule has 0 bridgehead atoms. The van der Waals surface area contributed by atoms with Crippen molar-refractivity contribution in [1.29, 1.82) is 0 Å². The van der Waals surface area contributed by atoms with Crippen molar-refractivity contribution in [2.75, 3.05) is 13.1 Å². The van der Waals surface area contributed by atoms with Gasteiger partial charge in [-0.25, -0.2) is 0 Å². The number of hydrogen-bond acceptors (Lipinski definition) is 4. The van der Waals surface area contributed by atoms with Gasteiger partial charge >= 0.3 is 0 Å². The van der Waals surface area contributed by atoms with Crippen molar-refractivity contribution >= 4 is 14.0 Å². The molecule has 0 aromatic heterocycles. The van der Waals surface area contributed by atoms with E-state index in [1.165, 1.54) is 0 Å². The lowest BCUT2D eigenvalue weighted by Crippen LogP contribution is -2.48. The van der Waals surface area contributed by atoms with Gasteiger partial charge in [-0.2, -0.15) is 0 Å². The predicted octanol–water partition coefficient (Wildman–Crippen LogP) is 4.58. The fraction of sp³-hybridized carbons (Fsp3) is 0.667. The Kier molecular flexibility index (Phi) is 5.83. The molecule has 1 fully saturated rings. The maximum Gasteiger partial charge on any atom is 0.269 e. The van der Waals surface area contributed by atoms with Crippen LogP contribution in [0.2, 0.25) is 18.1 Å². The van der Waals surface area contributed by atoms with Gasteiger partial charge in [-0.3, -0.25) is 15.0 Å². The van der Waals surface area contributed by atoms with E-state index in [2.05, 4.69) is 38.8 Å². The SMILES string of the molecule is CC(C)(C)[Si](C)(C)OC1CCCN(Cc2cccc([N+](=O)[O-])c2)C1. The second-order valence-electron chi connectivity index (χ2n) is 8.30. The van der Waals surface area contributed by atoms with Crippen molar-refractivity contribution in [1.82, 2.24) is 4.90 Å². The molecule has 0 amide bonds. The van der Waals surface area contributed by atoms with E-state index in [0.717, 1.165) is 38.0 Å². The van der Waals surface area contributed by atoms with Crippen molar-refractivity contribution < 1.29 is 9.35 Å². The summed E-state index contributed by atoms with van der Waals surface area (Å²) >= 11 is 0. The second kappa shape index (κ2) is 7.33. The predicted molar refractivity (Wildman–Crippen MR) is 99.7 cm³/mol. The summed E-state index contributed by atoms with van der Waals surface area (Å²) in [6, 6.07) is 6.95. The Bertz CT molecular complexity index is 584. The normalized spacial score (nSPS) is 20.1. The number of nitro benzene ring substituents is 1. The van der Waals surface area contributed by atoms with E-state index >= 15 is 0 Å². The van der Waals surface area contributed by atoms with Crippen LogP contribution in [0, 0.1) is 10.1 Å². The van der Waals surface area contributed by atoms with Crippen LogP contribution < -0.4 is 0 Å². The molecule has 24 heavy (non-hydrogen) atoms. The Labute approximate surface area is 146 Å². The lowest BCUT2D eigenvalue weighted by Gasteiger charge is -2.42. The van der Waals surface area contributed by atoms with Crippen LogP contribution in [0.3, 0.4) is 0 Å². The van der Waals surface area contributed by atoms with Crippen LogP contribution in [0.5, 0.6) is 0 Å². The van der Waals surface area contributed by atoms with Gasteiger partial charge in [0.25, 0.3) is 5.69 Å². The minimum absolute atomic E-state index is 0.165. The summed E-state index contributed by atoms with van der Waals surface area (Å²) in [6.45, 7) is 14.1. The van der Waals surface area contributed by atoms with Gasteiger partial charge in [0.05, 0.1) is 11.0 Å². The molecule has 0 saturated carbocycles. The number of hydrogen-bond donors (Lipinski definition) is 0. The Morgan fingerprint density at radius 3 is 2.71 bits per heavy atom. The molecule has 0 radical (unpaired) electrons. The third-order valence-corrected chi connectivity index (χ3v) is 9.79. The van der Waals surface area contributed by atoms with Gasteiger partial charge in [-0.15, -0.1) is 0 Å². The van der Waals surface area contributed by atoms with Crippen LogP contribution in [-0.2, 0) is 11.0 Å². The maximum atomic E-state index is 10.9. The Morgan fingerprint density at radius 2 is 2.08 bits per heavy atom. The molecule has 0 spiro atoms. The number of likely N-dealkylation sites (tertiary alicyclic amines) is 1. The van der Waals surface area contributed by atoms with E-state index in [1.807, 2.05) is 6.07 Å². The first-order chi connectivity index (χ1) is 11.1. The molecule has 0 aliphatic carbocycles. The molecular formula is C18H30N2O3Si. The highest BCUT2D eigenvalue weighted by molar-refractivity contribution is 6.74. The van der Waals surface area contributed by atoms with E-state index in [4.69, 9.17) is 4.43 Å². The zero-order valence-corrected chi connectivity index (χ0v) is 16.5. The molecule has 1 aromatic carbocycles. The minimum Gasteiger partial charge on any atom is -0.413 e. The lowest BCUT2D eigenvalue weighted by molar-refractivity contribution is -0.384. The van der Waals surface area contributed by atoms with Gasteiger partial charge in [0.15, 0.2) is 8.32 Å². The molecule has 0 N–H and O–H groups in total. The van der Waals surface area contributed by atoms with E-state index in [9.17, 15) is 10.1 Å². The standard InChI is InChI=1S/C18H30N2O3Si/c1-18(2,3)24(4,5)23-17-10-7-11-19(14-17)13-15-8-6-9-16(12-15)20(21)22/h6,8-9,12,17H,7,10-11,13-14H2,1-5H3. The molecule has 1 aliphatic rings. The van der Waals surface area contributed by atoms with Crippen molar-refractivity contribution in [2.45, 2.75) is 64.4 Å². The summed E-state index contributed by atoms with van der Waals surface area (Å²) in [7, 11) is -1.75. The maximum absolute atomic E-state index is 10.9. The topological polar surface area (TPSA) is 55.6 Å². The molecule has 5 nitrogen and oxygen atoms in total. The van der Waals surface area contributed by atoms with Crippen molar-refractivity contribution in [3.05, 3.63) is 39.9 Å². The van der Waals surface area contributed by atoms with Crippen LogP contribution in [0.1, 0.15) is 39.2 Å². The summed E-state index contributed by atoms with van der Waals surface area (Å²) in [6.07, 6.45) is 2.50. The fourth-order valence-corrected chi connectivity index (χ4v) is 4.25. The van der Waals surface area contributed by atoms with Crippen LogP contribution >= 0.6 is 0 Å². The summed E-state index contributed by atoms with van der Waals surface area (Å²) in [5.41, 5.74) is 1.16. The Hall–Kier alpha value is -1.24. The first-order valence-electron chi connectivity index (χ1n) is 8.72. The number of non-ortho nitro benzene ring substituents is 1. The highest BCUT2D eigenvalue weighted by Crippen LogP contribution is 2.38. The first kappa shape index (κ1) is 19.1. The average Bonchev–Trinajstić information content (AvgIpc) is 2.46. The smallest absolute Gasteiger partial charge is 0.269 e. The first-order valence-corrected chi connectivity index (χ1v) is 11.6. The van der Waals surface area contributed by atoms with E-state index < -0.39 is 8.32 Å². The Balaban J connectivity index is 1.98. The van der Waals surface area contributed by atoms with E-state index in [0.29, 0.717) is 0 Å². The molecule has 1 saturated heterocycles. The van der Waals surface area contributed by atoms with Crippen molar-refractivity contribution in [3.63, 3.8) is 0 Å². The Morgan fingerprint density at radius 1 is 1.38 bits per heavy atom. The number of nitrogens with zero attached hydrogens (tertiary/aromatic N) is 2. The van der Waals surface area contributed by atoms with Crippen LogP contribution in [0.15, 0.2) is 24.3 Å². The molecule has 1 unspecified atom stereocenters. The quantitative estimate of drug-likeness (QED) is 0.443. The van der Waals surface area contributed by atoms with E-state index in [1.54, 1.807) is 18.2 Å². The van der Waals surface area contributed by atoms with Crippen LogP contribution in [-0.4, -0.2) is 37.3 Å². The van der Waals surface area contributed by atoms with Gasteiger partial charge in [-0.1, -0.05) is 32.9 Å². The monoisotopic (exact) mass is 350 g/mol. The number of benzene rings is 1. The molecule has 6 heteroatoms. The molecular weight excluding hydrogens is 320 g/mol. The van der Waals surface area contributed by atoms with Crippen LogP contribution in [0.25, 0.3) is 0 Å². The van der Waals surface area contributed by atoms with Crippen molar-refractivity contribution in [2.24, 2.45) is 0 Å². The third kappa shape index (κ3) is 4.88. The molecule has 1 aromatic rings. The average molecular weight is 351 g/mol. The van der Waals surface area contributed by atoms with Crippen molar-refractivity contribution in [3.8, 4) is 0 Å². The molecule has 2 rings (SSSR count). The highest BCUT2D eigenvalue weighted by atomic mass is 28.4. The zero-order chi connectivity index (χ0) is 18.0. The van der Waals surface area contributed by atoms with Gasteiger partial charge in [-0.05, 0) is 43.1 Å². The lowest BCUT2D eigenvalue weighted by atomic mass is 10.1. The third-order valence-electron chi connectivity index (χ3n) is 5.26.